The summed E-state index contributed by atoms with van der Waals surface area (Å²) in [6.07, 6.45) is 1.52. The lowest BCUT2D eigenvalue weighted by Gasteiger charge is -2.15. The van der Waals surface area contributed by atoms with Crippen molar-refractivity contribution >= 4 is 8.07 Å². The summed E-state index contributed by atoms with van der Waals surface area (Å²) in [4.78, 5) is 24.8. The van der Waals surface area contributed by atoms with Gasteiger partial charge in [-0.25, -0.2) is 4.79 Å². The van der Waals surface area contributed by atoms with Crippen LogP contribution < -0.4 is 11.2 Å². The highest BCUT2D eigenvalue weighted by molar-refractivity contribution is 6.76. The summed E-state index contributed by atoms with van der Waals surface area (Å²) in [6.45, 7) is 9.32. The van der Waals surface area contributed by atoms with Gasteiger partial charge in [-0.2, -0.15) is 0 Å². The molecule has 0 spiro atoms. The van der Waals surface area contributed by atoms with E-state index in [1.165, 1.54) is 10.8 Å². The first kappa shape index (κ1) is 13.9. The van der Waals surface area contributed by atoms with E-state index < -0.39 is 13.8 Å². The maximum absolute atomic E-state index is 11.4. The van der Waals surface area contributed by atoms with Gasteiger partial charge in [-0.15, -0.1) is 0 Å². The summed E-state index contributed by atoms with van der Waals surface area (Å²) >= 11 is 0. The minimum atomic E-state index is -1.10. The van der Waals surface area contributed by atoms with Gasteiger partial charge in [0.25, 0.3) is 5.56 Å². The van der Waals surface area contributed by atoms with Crippen molar-refractivity contribution in [3.63, 3.8) is 0 Å². The van der Waals surface area contributed by atoms with E-state index in [0.29, 0.717) is 12.2 Å². The molecule has 0 unspecified atom stereocenters. The van der Waals surface area contributed by atoms with Gasteiger partial charge in [-0.3, -0.25) is 14.3 Å². The highest BCUT2D eigenvalue weighted by atomic mass is 28.3. The molecule has 1 aromatic rings. The first-order valence-electron chi connectivity index (χ1n) is 5.68. The molecule has 6 heteroatoms. The number of rotatable bonds is 5. The van der Waals surface area contributed by atoms with Gasteiger partial charge in [0, 0.05) is 26.4 Å². The number of ether oxygens (including phenoxy) is 1. The molecule has 0 aliphatic carbocycles. The first-order valence-corrected chi connectivity index (χ1v) is 9.38. The zero-order chi connectivity index (χ0) is 13.1. The van der Waals surface area contributed by atoms with Crippen LogP contribution in [-0.4, -0.2) is 24.2 Å². The smallest absolute Gasteiger partial charge is 0.330 e. The predicted octanol–water partition coefficient (Wildman–Crippen LogP) is 1.16. The highest BCUT2D eigenvalue weighted by Crippen LogP contribution is 2.07. The SMILES string of the molecule is Cc1cn(COCC[Si](C)(C)C)c(=O)[nH]c1=O. The van der Waals surface area contributed by atoms with E-state index in [-0.39, 0.29) is 12.3 Å². The Morgan fingerprint density at radius 2 is 2.00 bits per heavy atom. The lowest BCUT2D eigenvalue weighted by Crippen LogP contribution is -2.31. The molecule has 0 fully saturated rings. The van der Waals surface area contributed by atoms with Gasteiger partial charge < -0.3 is 4.74 Å². The Morgan fingerprint density at radius 3 is 2.59 bits per heavy atom. The van der Waals surface area contributed by atoms with Gasteiger partial charge >= 0.3 is 5.69 Å². The first-order chi connectivity index (χ1) is 7.79. The Kier molecular flexibility index (Phi) is 4.47. The lowest BCUT2D eigenvalue weighted by molar-refractivity contribution is 0.0835. The third kappa shape index (κ3) is 4.70. The van der Waals surface area contributed by atoms with Crippen molar-refractivity contribution in [1.82, 2.24) is 9.55 Å². The molecule has 0 saturated heterocycles. The van der Waals surface area contributed by atoms with E-state index >= 15 is 0 Å². The van der Waals surface area contributed by atoms with Gasteiger partial charge in [0.15, 0.2) is 0 Å². The Labute approximate surface area is 101 Å². The average molecular weight is 256 g/mol. The van der Waals surface area contributed by atoms with Crippen LogP contribution in [0.4, 0.5) is 0 Å². The van der Waals surface area contributed by atoms with Gasteiger partial charge in [0.2, 0.25) is 0 Å². The van der Waals surface area contributed by atoms with E-state index in [4.69, 9.17) is 4.74 Å². The predicted molar refractivity (Wildman–Crippen MR) is 70.2 cm³/mol. The fourth-order valence-electron chi connectivity index (χ4n) is 1.26. The number of aromatic nitrogens is 2. The number of H-pyrrole nitrogens is 1. The molecule has 17 heavy (non-hydrogen) atoms. The molecule has 1 aromatic heterocycles. The summed E-state index contributed by atoms with van der Waals surface area (Å²) in [5, 5.41) is 0. The van der Waals surface area contributed by atoms with Crippen molar-refractivity contribution in [2.75, 3.05) is 6.61 Å². The van der Waals surface area contributed by atoms with E-state index in [2.05, 4.69) is 24.6 Å². The molecule has 0 aromatic carbocycles. The molecular formula is C11H20N2O3Si. The summed E-state index contributed by atoms with van der Waals surface area (Å²) < 4.78 is 6.82. The molecule has 0 atom stereocenters. The minimum Gasteiger partial charge on any atom is -0.361 e. The van der Waals surface area contributed by atoms with Crippen LogP contribution >= 0.6 is 0 Å². The van der Waals surface area contributed by atoms with Crippen LogP contribution in [0.25, 0.3) is 0 Å². The molecule has 0 aliphatic rings. The maximum Gasteiger partial charge on any atom is 0.330 e. The Hall–Kier alpha value is -1.14. The second-order valence-electron chi connectivity index (χ2n) is 5.39. The standard InChI is InChI=1S/C11H20N2O3Si/c1-9-7-13(11(15)12-10(9)14)8-16-5-6-17(2,3)4/h7H,5-6,8H2,1-4H3,(H,12,14,15). The summed E-state index contributed by atoms with van der Waals surface area (Å²) in [5.41, 5.74) is -0.250. The minimum absolute atomic E-state index is 0.195. The largest absolute Gasteiger partial charge is 0.361 e. The molecule has 0 amide bonds. The maximum atomic E-state index is 11.4. The average Bonchev–Trinajstić information content (AvgIpc) is 2.18. The lowest BCUT2D eigenvalue weighted by atomic mass is 10.4. The topological polar surface area (TPSA) is 64.1 Å². The molecule has 96 valence electrons. The van der Waals surface area contributed by atoms with E-state index in [1.807, 2.05) is 0 Å². The number of nitrogens with zero attached hydrogens (tertiary/aromatic N) is 1. The fraction of sp³-hybridized carbons (Fsp3) is 0.636. The molecule has 1 N–H and O–H groups in total. The third-order valence-electron chi connectivity index (χ3n) is 2.42. The normalized spacial score (nSPS) is 11.8. The second kappa shape index (κ2) is 5.46. The van der Waals surface area contributed by atoms with Crippen molar-refractivity contribution < 1.29 is 4.74 Å². The molecule has 0 bridgehead atoms. The molecule has 0 saturated carbocycles. The zero-order valence-electron chi connectivity index (χ0n) is 10.9. The van der Waals surface area contributed by atoms with E-state index in [1.54, 1.807) is 6.92 Å². The third-order valence-corrected chi connectivity index (χ3v) is 4.12. The van der Waals surface area contributed by atoms with Crippen molar-refractivity contribution in [2.24, 2.45) is 0 Å². The molecule has 0 radical (unpaired) electrons. The highest BCUT2D eigenvalue weighted by Gasteiger charge is 2.12. The monoisotopic (exact) mass is 256 g/mol. The van der Waals surface area contributed by atoms with Crippen LogP contribution in [0.2, 0.25) is 25.7 Å². The van der Waals surface area contributed by atoms with Gasteiger partial charge in [0.1, 0.15) is 6.73 Å². The Bertz CT molecular complexity index is 485. The summed E-state index contributed by atoms with van der Waals surface area (Å²) in [6, 6.07) is 1.06. The van der Waals surface area contributed by atoms with Crippen molar-refractivity contribution in [2.45, 2.75) is 39.3 Å². The van der Waals surface area contributed by atoms with Crippen molar-refractivity contribution in [3.8, 4) is 0 Å². The van der Waals surface area contributed by atoms with E-state index in [9.17, 15) is 9.59 Å². The fourth-order valence-corrected chi connectivity index (χ4v) is 2.01. The van der Waals surface area contributed by atoms with Crippen LogP contribution in [0.1, 0.15) is 5.56 Å². The van der Waals surface area contributed by atoms with Crippen molar-refractivity contribution in [1.29, 1.82) is 0 Å². The van der Waals surface area contributed by atoms with Gasteiger partial charge in [-0.05, 0) is 13.0 Å². The quantitative estimate of drug-likeness (QED) is 0.635. The van der Waals surface area contributed by atoms with Crippen LogP contribution in [0.15, 0.2) is 15.8 Å². The van der Waals surface area contributed by atoms with Gasteiger partial charge in [-0.1, -0.05) is 19.6 Å². The molecule has 0 aliphatic heterocycles. The molecule has 1 rings (SSSR count). The van der Waals surface area contributed by atoms with Crippen LogP contribution in [0.3, 0.4) is 0 Å². The Morgan fingerprint density at radius 1 is 1.35 bits per heavy atom. The molecule has 5 nitrogen and oxygen atoms in total. The number of aromatic amines is 1. The molecular weight excluding hydrogens is 236 g/mol. The summed E-state index contributed by atoms with van der Waals surface area (Å²) in [7, 11) is -1.10. The van der Waals surface area contributed by atoms with Gasteiger partial charge in [0.05, 0.1) is 0 Å². The number of hydrogen-bond donors (Lipinski definition) is 1. The number of aryl methyl sites for hydroxylation is 1. The second-order valence-corrected chi connectivity index (χ2v) is 11.0. The molecule has 1 heterocycles. The van der Waals surface area contributed by atoms with Crippen LogP contribution in [-0.2, 0) is 11.5 Å². The zero-order valence-corrected chi connectivity index (χ0v) is 11.9. The van der Waals surface area contributed by atoms with E-state index in [0.717, 1.165) is 6.04 Å². The number of hydrogen-bond acceptors (Lipinski definition) is 3. The summed E-state index contributed by atoms with van der Waals surface area (Å²) in [5.74, 6) is 0. The van der Waals surface area contributed by atoms with Crippen molar-refractivity contribution in [3.05, 3.63) is 32.6 Å². The number of nitrogens with one attached hydrogen (secondary N) is 1. The van der Waals surface area contributed by atoms with Crippen LogP contribution in [0, 0.1) is 6.92 Å². The Balaban J connectivity index is 2.56. The van der Waals surface area contributed by atoms with Crippen LogP contribution in [0.5, 0.6) is 0 Å².